The van der Waals surface area contributed by atoms with Crippen molar-refractivity contribution in [1.82, 2.24) is 0 Å². The molecule has 0 spiro atoms. The monoisotopic (exact) mass is 352 g/mol. The van der Waals surface area contributed by atoms with Gasteiger partial charge in [0.2, 0.25) is 0 Å². The van der Waals surface area contributed by atoms with Gasteiger partial charge in [-0.15, -0.1) is 0 Å². The Hall–Kier alpha value is -2.16. The summed E-state index contributed by atoms with van der Waals surface area (Å²) in [5.41, 5.74) is 1.43. The number of hydrogen-bond acceptors (Lipinski definition) is 2. The van der Waals surface area contributed by atoms with Gasteiger partial charge >= 0.3 is 5.63 Å². The Kier molecular flexibility index (Phi) is 4.56. The van der Waals surface area contributed by atoms with Gasteiger partial charge in [-0.05, 0) is 61.1 Å². The fourth-order valence-electron chi connectivity index (χ4n) is 4.45. The Labute approximate surface area is 153 Å². The smallest absolute Gasteiger partial charge is 0.344 e. The van der Waals surface area contributed by atoms with Gasteiger partial charge in [0.05, 0.1) is 5.39 Å². The molecule has 3 heteroatoms. The van der Waals surface area contributed by atoms with Crippen LogP contribution in [0.4, 0.5) is 4.39 Å². The fourth-order valence-corrected chi connectivity index (χ4v) is 4.45. The fraction of sp³-hybridized carbons (Fsp3) is 0.435. The Balaban J connectivity index is 1.81. The van der Waals surface area contributed by atoms with E-state index in [2.05, 4.69) is 13.0 Å². The van der Waals surface area contributed by atoms with E-state index in [-0.39, 0.29) is 5.58 Å². The van der Waals surface area contributed by atoms with Crippen molar-refractivity contribution in [3.63, 3.8) is 0 Å². The first kappa shape index (κ1) is 17.3. The highest BCUT2D eigenvalue weighted by Gasteiger charge is 2.22. The molecule has 1 aliphatic carbocycles. The second-order valence-electron chi connectivity index (χ2n) is 7.59. The van der Waals surface area contributed by atoms with Crippen molar-refractivity contribution < 1.29 is 8.81 Å². The van der Waals surface area contributed by atoms with Gasteiger partial charge in [0, 0.05) is 10.8 Å². The molecule has 0 atom stereocenters. The Bertz CT molecular complexity index is 1010. The van der Waals surface area contributed by atoms with E-state index in [1.807, 2.05) is 25.1 Å². The number of aryl methyl sites for hydroxylation is 1. The molecule has 0 N–H and O–H groups in total. The van der Waals surface area contributed by atoms with E-state index in [0.717, 1.165) is 11.3 Å². The van der Waals surface area contributed by atoms with E-state index in [0.29, 0.717) is 28.7 Å². The van der Waals surface area contributed by atoms with E-state index < -0.39 is 11.4 Å². The number of benzene rings is 2. The van der Waals surface area contributed by atoms with Gasteiger partial charge in [-0.3, -0.25) is 0 Å². The second kappa shape index (κ2) is 6.86. The first-order valence-corrected chi connectivity index (χ1v) is 9.80. The zero-order valence-corrected chi connectivity index (χ0v) is 15.5. The first-order valence-electron chi connectivity index (χ1n) is 9.80. The van der Waals surface area contributed by atoms with E-state index >= 15 is 0 Å². The van der Waals surface area contributed by atoms with Gasteiger partial charge in [0.1, 0.15) is 0 Å². The SMILES string of the molecule is CCc1ccc2c(oc(=O)c3cc(C4CCC(CC)CC4)ccc32)c1F. The maximum absolute atomic E-state index is 14.6. The van der Waals surface area contributed by atoms with Crippen molar-refractivity contribution in [2.24, 2.45) is 5.92 Å². The molecule has 1 aromatic heterocycles. The molecule has 136 valence electrons. The van der Waals surface area contributed by atoms with Crippen LogP contribution in [0.25, 0.3) is 21.7 Å². The molecular weight excluding hydrogens is 327 g/mol. The highest BCUT2D eigenvalue weighted by Crippen LogP contribution is 2.38. The Morgan fingerprint density at radius 2 is 1.73 bits per heavy atom. The van der Waals surface area contributed by atoms with E-state index in [9.17, 15) is 9.18 Å². The largest absolute Gasteiger partial charge is 0.419 e. The lowest BCUT2D eigenvalue weighted by Gasteiger charge is -2.28. The summed E-state index contributed by atoms with van der Waals surface area (Å²) in [6.07, 6.45) is 6.70. The first-order chi connectivity index (χ1) is 12.6. The molecule has 26 heavy (non-hydrogen) atoms. The molecule has 0 unspecified atom stereocenters. The van der Waals surface area contributed by atoms with Gasteiger partial charge in [-0.1, -0.05) is 44.5 Å². The van der Waals surface area contributed by atoms with Crippen molar-refractivity contribution in [2.45, 2.75) is 58.3 Å². The minimum absolute atomic E-state index is 0.0815. The molecule has 4 rings (SSSR count). The van der Waals surface area contributed by atoms with Crippen LogP contribution in [0, 0.1) is 11.7 Å². The third-order valence-corrected chi connectivity index (χ3v) is 6.20. The normalized spacial score (nSPS) is 20.7. The number of hydrogen-bond donors (Lipinski definition) is 0. The van der Waals surface area contributed by atoms with Crippen LogP contribution < -0.4 is 5.63 Å². The lowest BCUT2D eigenvalue weighted by molar-refractivity contribution is 0.319. The van der Waals surface area contributed by atoms with Crippen molar-refractivity contribution in [1.29, 1.82) is 0 Å². The van der Waals surface area contributed by atoms with Crippen LogP contribution in [0.15, 0.2) is 39.5 Å². The molecule has 0 radical (unpaired) electrons. The van der Waals surface area contributed by atoms with Gasteiger partial charge < -0.3 is 4.42 Å². The topological polar surface area (TPSA) is 30.2 Å². The van der Waals surface area contributed by atoms with E-state index in [1.54, 1.807) is 6.07 Å². The van der Waals surface area contributed by atoms with Gasteiger partial charge in [-0.25, -0.2) is 9.18 Å². The Morgan fingerprint density at radius 3 is 2.42 bits per heavy atom. The lowest BCUT2D eigenvalue weighted by Crippen LogP contribution is -2.13. The molecule has 2 nitrogen and oxygen atoms in total. The number of fused-ring (bicyclic) bond motifs is 3. The maximum Gasteiger partial charge on any atom is 0.344 e. The van der Waals surface area contributed by atoms with Crippen LogP contribution in [0.1, 0.15) is 63.0 Å². The lowest BCUT2D eigenvalue weighted by atomic mass is 9.77. The summed E-state index contributed by atoms with van der Waals surface area (Å²) in [6, 6.07) is 9.72. The summed E-state index contributed by atoms with van der Waals surface area (Å²) in [4.78, 5) is 12.5. The molecule has 1 fully saturated rings. The van der Waals surface area contributed by atoms with Crippen LogP contribution in [0.2, 0.25) is 0 Å². The molecule has 0 aliphatic heterocycles. The summed E-state index contributed by atoms with van der Waals surface area (Å²) < 4.78 is 20.0. The van der Waals surface area contributed by atoms with E-state index in [4.69, 9.17) is 4.42 Å². The zero-order chi connectivity index (χ0) is 18.3. The molecule has 1 aliphatic rings. The summed E-state index contributed by atoms with van der Waals surface area (Å²) >= 11 is 0. The maximum atomic E-state index is 14.6. The average molecular weight is 352 g/mol. The quantitative estimate of drug-likeness (QED) is 0.407. The third-order valence-electron chi connectivity index (χ3n) is 6.20. The molecular formula is C23H25FO2. The molecule has 1 saturated carbocycles. The Morgan fingerprint density at radius 1 is 1.00 bits per heavy atom. The van der Waals surface area contributed by atoms with Crippen molar-refractivity contribution in [2.75, 3.05) is 0 Å². The van der Waals surface area contributed by atoms with Crippen LogP contribution in [-0.4, -0.2) is 0 Å². The van der Waals surface area contributed by atoms with Crippen LogP contribution in [-0.2, 0) is 6.42 Å². The number of halogens is 1. The van der Waals surface area contributed by atoms with Crippen molar-refractivity contribution >= 4 is 21.7 Å². The summed E-state index contributed by atoms with van der Waals surface area (Å²) in [7, 11) is 0. The zero-order valence-electron chi connectivity index (χ0n) is 15.5. The minimum Gasteiger partial charge on any atom is -0.419 e. The van der Waals surface area contributed by atoms with Gasteiger partial charge in [0.15, 0.2) is 11.4 Å². The average Bonchev–Trinajstić information content (AvgIpc) is 2.69. The van der Waals surface area contributed by atoms with Gasteiger partial charge in [0.25, 0.3) is 0 Å². The standard InChI is InChI=1S/C23H25FO2/c1-3-14-5-7-16(8-6-14)17-10-11-18-19-12-9-15(4-2)21(24)22(19)26-23(25)20(18)13-17/h9-14,16H,3-8H2,1-2H3. The summed E-state index contributed by atoms with van der Waals surface area (Å²) in [5.74, 6) is 0.943. The van der Waals surface area contributed by atoms with Gasteiger partial charge in [-0.2, -0.15) is 0 Å². The third kappa shape index (κ3) is 2.84. The van der Waals surface area contributed by atoms with Crippen LogP contribution in [0.5, 0.6) is 0 Å². The van der Waals surface area contributed by atoms with Crippen molar-refractivity contribution in [3.05, 3.63) is 57.7 Å². The predicted octanol–water partition coefficient (Wildman–Crippen LogP) is 6.33. The molecule has 0 bridgehead atoms. The van der Waals surface area contributed by atoms with E-state index in [1.165, 1.54) is 37.7 Å². The molecule has 1 heterocycles. The molecule has 0 saturated heterocycles. The highest BCUT2D eigenvalue weighted by molar-refractivity contribution is 6.04. The number of rotatable bonds is 3. The summed E-state index contributed by atoms with van der Waals surface area (Å²) in [5, 5.41) is 2.02. The predicted molar refractivity (Wildman–Crippen MR) is 104 cm³/mol. The second-order valence-corrected chi connectivity index (χ2v) is 7.59. The van der Waals surface area contributed by atoms with Crippen molar-refractivity contribution in [3.8, 4) is 0 Å². The van der Waals surface area contributed by atoms with Crippen LogP contribution in [0.3, 0.4) is 0 Å². The highest BCUT2D eigenvalue weighted by atomic mass is 19.1. The van der Waals surface area contributed by atoms with Crippen LogP contribution >= 0.6 is 0 Å². The summed E-state index contributed by atoms with van der Waals surface area (Å²) in [6.45, 7) is 4.16. The molecule has 0 amide bonds. The molecule has 3 aromatic rings. The minimum atomic E-state index is -0.441. The molecule has 2 aromatic carbocycles.